The topological polar surface area (TPSA) is 46.6 Å². The zero-order valence-corrected chi connectivity index (χ0v) is 9.14. The van der Waals surface area contributed by atoms with Crippen LogP contribution < -0.4 is 4.74 Å². The molecule has 1 aliphatic rings. The molecule has 5 heteroatoms. The maximum atomic E-state index is 13.1. The van der Waals surface area contributed by atoms with Gasteiger partial charge in [0.05, 0.1) is 13.7 Å². The van der Waals surface area contributed by atoms with Crippen LogP contribution in [0.2, 0.25) is 0 Å². The first-order chi connectivity index (χ1) is 8.11. The van der Waals surface area contributed by atoms with E-state index in [9.17, 15) is 14.0 Å². The highest BCUT2D eigenvalue weighted by molar-refractivity contribution is 6.12. The molecule has 0 aromatic heterocycles. The zero-order valence-electron chi connectivity index (χ0n) is 9.14. The van der Waals surface area contributed by atoms with E-state index < -0.39 is 17.6 Å². The fourth-order valence-electron chi connectivity index (χ4n) is 1.63. The molecule has 1 aliphatic heterocycles. The summed E-state index contributed by atoms with van der Waals surface area (Å²) in [6.07, 6.45) is 2.38. The molecule has 0 unspecified atom stereocenters. The molecule has 0 spiro atoms. The van der Waals surface area contributed by atoms with E-state index in [1.54, 1.807) is 0 Å². The summed E-state index contributed by atoms with van der Waals surface area (Å²) in [5.41, 5.74) is 0.456. The molecule has 1 heterocycles. The number of nitrogens with zero attached hydrogens (tertiary/aromatic N) is 1. The van der Waals surface area contributed by atoms with Gasteiger partial charge in [-0.25, -0.2) is 4.39 Å². The molecule has 2 rings (SSSR count). The number of hydrogen-bond donors (Lipinski definition) is 0. The monoisotopic (exact) mass is 235 g/mol. The minimum atomic E-state index is -0.437. The fraction of sp³-hybridized carbons (Fsp3) is 0.167. The molecule has 2 amide bonds. The molecule has 0 bridgehead atoms. The van der Waals surface area contributed by atoms with E-state index in [0.29, 0.717) is 11.3 Å². The largest absolute Gasteiger partial charge is 0.496 e. The maximum absolute atomic E-state index is 13.1. The van der Waals surface area contributed by atoms with Gasteiger partial charge >= 0.3 is 0 Å². The predicted octanol–water partition coefficient (Wildman–Crippen LogP) is 1.26. The van der Waals surface area contributed by atoms with Crippen molar-refractivity contribution in [2.24, 2.45) is 0 Å². The summed E-state index contributed by atoms with van der Waals surface area (Å²) in [6, 6.07) is 3.97. The van der Waals surface area contributed by atoms with E-state index in [-0.39, 0.29) is 6.54 Å². The molecule has 0 fully saturated rings. The number of carbonyl (C=O) groups excluding carboxylic acids is 2. The first-order valence-corrected chi connectivity index (χ1v) is 4.98. The van der Waals surface area contributed by atoms with Crippen LogP contribution in [0.3, 0.4) is 0 Å². The number of amides is 2. The van der Waals surface area contributed by atoms with Crippen LogP contribution in [-0.2, 0) is 16.1 Å². The summed E-state index contributed by atoms with van der Waals surface area (Å²) in [5, 5.41) is 0. The van der Waals surface area contributed by atoms with Gasteiger partial charge in [-0.2, -0.15) is 0 Å². The summed E-state index contributed by atoms with van der Waals surface area (Å²) in [6.45, 7) is 0.00556. The van der Waals surface area contributed by atoms with Crippen LogP contribution in [0.1, 0.15) is 5.56 Å². The Morgan fingerprint density at radius 2 is 1.88 bits per heavy atom. The Hall–Kier alpha value is -2.17. The summed E-state index contributed by atoms with van der Waals surface area (Å²) >= 11 is 0. The van der Waals surface area contributed by atoms with Gasteiger partial charge in [0.1, 0.15) is 11.6 Å². The number of methoxy groups -OCH3 is 1. The van der Waals surface area contributed by atoms with Crippen molar-refractivity contribution in [3.05, 3.63) is 41.7 Å². The lowest BCUT2D eigenvalue weighted by Gasteiger charge is -2.15. The maximum Gasteiger partial charge on any atom is 0.253 e. The third-order valence-electron chi connectivity index (χ3n) is 2.47. The van der Waals surface area contributed by atoms with Gasteiger partial charge in [-0.15, -0.1) is 0 Å². The highest BCUT2D eigenvalue weighted by atomic mass is 19.1. The van der Waals surface area contributed by atoms with Crippen molar-refractivity contribution in [1.82, 2.24) is 4.90 Å². The van der Waals surface area contributed by atoms with Gasteiger partial charge in [-0.3, -0.25) is 14.5 Å². The molecule has 0 radical (unpaired) electrons. The standard InChI is InChI=1S/C12H10FNO3/c1-17-10-3-2-9(13)6-8(10)7-14-11(15)4-5-12(14)16/h2-6H,7H2,1H3. The van der Waals surface area contributed by atoms with Gasteiger partial charge in [-0.1, -0.05) is 0 Å². The Morgan fingerprint density at radius 3 is 2.47 bits per heavy atom. The van der Waals surface area contributed by atoms with Crippen molar-refractivity contribution in [2.75, 3.05) is 7.11 Å². The zero-order chi connectivity index (χ0) is 12.4. The van der Waals surface area contributed by atoms with E-state index in [0.717, 1.165) is 4.90 Å². The third kappa shape index (κ3) is 2.18. The van der Waals surface area contributed by atoms with Crippen LogP contribution in [0.5, 0.6) is 5.75 Å². The van der Waals surface area contributed by atoms with Crippen LogP contribution >= 0.6 is 0 Å². The smallest absolute Gasteiger partial charge is 0.253 e. The minimum absolute atomic E-state index is 0.00556. The second-order valence-corrected chi connectivity index (χ2v) is 3.55. The molecule has 88 valence electrons. The Labute approximate surface area is 97.3 Å². The predicted molar refractivity (Wildman–Crippen MR) is 57.6 cm³/mol. The summed E-state index contributed by atoms with van der Waals surface area (Å²) in [7, 11) is 1.45. The Kier molecular flexibility index (Phi) is 2.91. The minimum Gasteiger partial charge on any atom is -0.496 e. The number of benzene rings is 1. The van der Waals surface area contributed by atoms with Crippen molar-refractivity contribution in [1.29, 1.82) is 0 Å². The normalized spacial score (nSPS) is 14.6. The number of halogens is 1. The van der Waals surface area contributed by atoms with E-state index in [1.807, 2.05) is 0 Å². The summed E-state index contributed by atoms with van der Waals surface area (Å²) in [4.78, 5) is 23.7. The Bertz CT molecular complexity index is 492. The van der Waals surface area contributed by atoms with Gasteiger partial charge in [0.25, 0.3) is 11.8 Å². The van der Waals surface area contributed by atoms with Gasteiger partial charge in [0.2, 0.25) is 0 Å². The second-order valence-electron chi connectivity index (χ2n) is 3.55. The fourth-order valence-corrected chi connectivity index (χ4v) is 1.63. The number of carbonyl (C=O) groups is 2. The molecule has 1 aromatic rings. The van der Waals surface area contributed by atoms with Crippen molar-refractivity contribution >= 4 is 11.8 Å². The van der Waals surface area contributed by atoms with Crippen LogP contribution in [0.4, 0.5) is 4.39 Å². The number of imide groups is 1. The molecule has 0 aliphatic carbocycles. The molecular weight excluding hydrogens is 225 g/mol. The van der Waals surface area contributed by atoms with Crippen LogP contribution in [0.15, 0.2) is 30.4 Å². The van der Waals surface area contributed by atoms with Crippen molar-refractivity contribution in [3.63, 3.8) is 0 Å². The molecule has 0 saturated carbocycles. The summed E-state index contributed by atoms with van der Waals surface area (Å²) < 4.78 is 18.1. The average Bonchev–Trinajstić information content (AvgIpc) is 2.61. The average molecular weight is 235 g/mol. The third-order valence-corrected chi connectivity index (χ3v) is 2.47. The summed E-state index contributed by atoms with van der Waals surface area (Å²) in [5.74, 6) is -0.797. The van der Waals surface area contributed by atoms with E-state index in [2.05, 4.69) is 0 Å². The van der Waals surface area contributed by atoms with Crippen LogP contribution in [0, 0.1) is 5.82 Å². The first kappa shape index (κ1) is 11.3. The van der Waals surface area contributed by atoms with Crippen LogP contribution in [-0.4, -0.2) is 23.8 Å². The number of rotatable bonds is 3. The second kappa shape index (κ2) is 4.37. The van der Waals surface area contributed by atoms with E-state index in [4.69, 9.17) is 4.74 Å². The Morgan fingerprint density at radius 1 is 1.24 bits per heavy atom. The molecular formula is C12H10FNO3. The van der Waals surface area contributed by atoms with Gasteiger partial charge < -0.3 is 4.74 Å². The molecule has 0 N–H and O–H groups in total. The van der Waals surface area contributed by atoms with Gasteiger partial charge in [0.15, 0.2) is 0 Å². The molecule has 4 nitrogen and oxygen atoms in total. The lowest BCUT2D eigenvalue weighted by atomic mass is 10.2. The molecule has 1 aromatic carbocycles. The lowest BCUT2D eigenvalue weighted by molar-refractivity contribution is -0.137. The number of hydrogen-bond acceptors (Lipinski definition) is 3. The Balaban J connectivity index is 2.26. The molecule has 0 atom stereocenters. The lowest BCUT2D eigenvalue weighted by Crippen LogP contribution is -2.29. The van der Waals surface area contributed by atoms with Gasteiger partial charge in [0, 0.05) is 17.7 Å². The van der Waals surface area contributed by atoms with Crippen molar-refractivity contribution in [3.8, 4) is 5.75 Å². The van der Waals surface area contributed by atoms with Gasteiger partial charge in [-0.05, 0) is 18.2 Å². The number of ether oxygens (including phenoxy) is 1. The van der Waals surface area contributed by atoms with Crippen molar-refractivity contribution < 1.29 is 18.7 Å². The molecule has 0 saturated heterocycles. The first-order valence-electron chi connectivity index (χ1n) is 4.98. The van der Waals surface area contributed by atoms with E-state index in [1.165, 1.54) is 37.5 Å². The SMILES string of the molecule is COc1ccc(F)cc1CN1C(=O)C=CC1=O. The quantitative estimate of drug-likeness (QED) is 0.741. The highest BCUT2D eigenvalue weighted by Gasteiger charge is 2.24. The molecule has 17 heavy (non-hydrogen) atoms. The highest BCUT2D eigenvalue weighted by Crippen LogP contribution is 2.22. The van der Waals surface area contributed by atoms with E-state index >= 15 is 0 Å². The van der Waals surface area contributed by atoms with Crippen LogP contribution in [0.25, 0.3) is 0 Å². The van der Waals surface area contributed by atoms with Crippen molar-refractivity contribution in [2.45, 2.75) is 6.54 Å².